The second kappa shape index (κ2) is 30.3. The number of rotatable bonds is 6. The van der Waals surface area contributed by atoms with Gasteiger partial charge in [-0.2, -0.15) is 0 Å². The Morgan fingerprint density at radius 1 is 0.324 bits per heavy atom. The van der Waals surface area contributed by atoms with Crippen LogP contribution in [0.1, 0.15) is 41.5 Å². The van der Waals surface area contributed by atoms with Gasteiger partial charge in [0.2, 0.25) is 0 Å². The van der Waals surface area contributed by atoms with E-state index in [1.165, 1.54) is 41.5 Å². The molecule has 12 nitrogen and oxygen atoms in total. The van der Waals surface area contributed by atoms with Crippen LogP contribution in [-0.2, 0) is 28.8 Å². The van der Waals surface area contributed by atoms with E-state index in [9.17, 15) is 28.8 Å². The predicted molar refractivity (Wildman–Crippen MR) is 140 cm³/mol. The Morgan fingerprint density at radius 3 is 0.351 bits per heavy atom. The van der Waals surface area contributed by atoms with Crippen molar-refractivity contribution in [2.24, 2.45) is 0 Å². The number of carboxylic acid groups (broad SMARTS) is 6. The molecule has 6 N–H and O–H groups in total. The molecule has 0 spiro atoms. The summed E-state index contributed by atoms with van der Waals surface area (Å²) >= 11 is 0. The third kappa shape index (κ3) is 72.0. The van der Waals surface area contributed by atoms with E-state index in [1.54, 1.807) is 0 Å². The van der Waals surface area contributed by atoms with Crippen LogP contribution in [0.5, 0.6) is 0 Å². The van der Waals surface area contributed by atoms with Crippen LogP contribution in [0, 0.1) is 0 Å². The van der Waals surface area contributed by atoms with Gasteiger partial charge >= 0.3 is 35.8 Å². The molecule has 0 aliphatic rings. The molecule has 13 heteroatoms. The Labute approximate surface area is 238 Å². The Morgan fingerprint density at radius 2 is 0.351 bits per heavy atom. The van der Waals surface area contributed by atoms with Crippen molar-refractivity contribution >= 4 is 65.4 Å². The summed E-state index contributed by atoms with van der Waals surface area (Å²) in [6, 6.07) is 0. The third-order valence-corrected chi connectivity index (χ3v) is 2.19. The fourth-order valence-corrected chi connectivity index (χ4v) is 0. The van der Waals surface area contributed by atoms with Crippen LogP contribution in [-0.4, -0.2) is 96.0 Å². The first-order valence-electron chi connectivity index (χ1n) is 9.19. The number of hydrogen-bond donors (Lipinski definition) is 6. The molecule has 0 amide bonds. The summed E-state index contributed by atoms with van der Waals surface area (Å²) in [6.07, 6.45) is 0. The second-order valence-corrected chi connectivity index (χ2v) is 6.51. The largest absolute Gasteiger partial charge is 0.478 e. The molecule has 0 saturated carbocycles. The molecule has 0 aliphatic carbocycles. The summed E-state index contributed by atoms with van der Waals surface area (Å²) in [7, 11) is 0. The zero-order valence-corrected chi connectivity index (χ0v) is 24.4. The number of aliphatic carboxylic acids is 6. The van der Waals surface area contributed by atoms with Crippen LogP contribution >= 0.6 is 0 Å². The van der Waals surface area contributed by atoms with E-state index in [0.29, 0.717) is 0 Å². The standard InChI is InChI=1S/6C4H6O2.Na/c6*1-3(2)4(5)6;/h6*1H2,2H3,(H,5,6);. The van der Waals surface area contributed by atoms with Gasteiger partial charge in [0.25, 0.3) is 0 Å². The van der Waals surface area contributed by atoms with E-state index >= 15 is 0 Å². The Hall–Kier alpha value is -3.74. The van der Waals surface area contributed by atoms with Crippen molar-refractivity contribution in [3.63, 3.8) is 0 Å². The number of hydrogen-bond acceptors (Lipinski definition) is 6. The van der Waals surface area contributed by atoms with Crippen molar-refractivity contribution in [2.75, 3.05) is 0 Å². The molecular weight excluding hydrogens is 503 g/mol. The molecule has 0 atom stereocenters. The van der Waals surface area contributed by atoms with E-state index in [2.05, 4.69) is 39.5 Å². The summed E-state index contributed by atoms with van der Waals surface area (Å²) in [5, 5.41) is 47.3. The minimum atomic E-state index is -0.935. The van der Waals surface area contributed by atoms with Gasteiger partial charge in [-0.15, -0.1) is 0 Å². The van der Waals surface area contributed by atoms with Crippen molar-refractivity contribution in [3.05, 3.63) is 72.9 Å². The summed E-state index contributed by atoms with van der Waals surface area (Å²) in [4.78, 5) is 57.6. The van der Waals surface area contributed by atoms with Crippen LogP contribution in [0.4, 0.5) is 0 Å². The van der Waals surface area contributed by atoms with Gasteiger partial charge in [0.1, 0.15) is 0 Å². The van der Waals surface area contributed by atoms with Gasteiger partial charge in [-0.05, 0) is 41.5 Å². The molecule has 0 bridgehead atoms. The van der Waals surface area contributed by atoms with Gasteiger partial charge in [-0.25, -0.2) is 28.8 Å². The maximum atomic E-state index is 9.60. The fraction of sp³-hybridized carbons (Fsp3) is 0.250. The van der Waals surface area contributed by atoms with Gasteiger partial charge < -0.3 is 30.6 Å². The van der Waals surface area contributed by atoms with Crippen LogP contribution in [0.3, 0.4) is 0 Å². The van der Waals surface area contributed by atoms with Crippen LogP contribution in [0.25, 0.3) is 0 Å². The van der Waals surface area contributed by atoms with Crippen molar-refractivity contribution < 1.29 is 59.4 Å². The van der Waals surface area contributed by atoms with Crippen LogP contribution in [0.2, 0.25) is 0 Å². The van der Waals surface area contributed by atoms with Gasteiger partial charge in [-0.1, -0.05) is 39.5 Å². The maximum absolute atomic E-state index is 9.60. The molecule has 0 fully saturated rings. The molecule has 0 aromatic heterocycles. The molecule has 0 aromatic carbocycles. The quantitative estimate of drug-likeness (QED) is 0.211. The minimum absolute atomic E-state index is 0. The molecule has 205 valence electrons. The minimum Gasteiger partial charge on any atom is -0.478 e. The van der Waals surface area contributed by atoms with E-state index in [1.807, 2.05) is 0 Å². The third-order valence-electron chi connectivity index (χ3n) is 2.19. The Kier molecular flexibility index (Phi) is 41.1. The molecular formula is C24H36NaO12. The maximum Gasteiger partial charge on any atom is 0.330 e. The summed E-state index contributed by atoms with van der Waals surface area (Å²) in [6.45, 7) is 27.6. The van der Waals surface area contributed by atoms with Crippen molar-refractivity contribution in [2.45, 2.75) is 41.5 Å². The molecule has 0 rings (SSSR count). The molecule has 0 heterocycles. The molecule has 0 aromatic rings. The van der Waals surface area contributed by atoms with Crippen molar-refractivity contribution in [3.8, 4) is 0 Å². The Bertz CT molecular complexity index is 622. The van der Waals surface area contributed by atoms with Crippen molar-refractivity contribution in [1.29, 1.82) is 0 Å². The molecule has 0 aliphatic heterocycles. The summed E-state index contributed by atoms with van der Waals surface area (Å²) < 4.78 is 0. The normalized spacial score (nSPS) is 7.30. The van der Waals surface area contributed by atoms with E-state index in [0.717, 1.165) is 0 Å². The monoisotopic (exact) mass is 539 g/mol. The Balaban J connectivity index is -0.0000000581. The van der Waals surface area contributed by atoms with E-state index < -0.39 is 35.8 Å². The van der Waals surface area contributed by atoms with Gasteiger partial charge in [0.05, 0.1) is 0 Å². The summed E-state index contributed by atoms with van der Waals surface area (Å²) in [5.74, 6) is -5.61. The molecule has 1 radical (unpaired) electrons. The number of carboxylic acids is 6. The summed E-state index contributed by atoms with van der Waals surface area (Å²) in [5.41, 5.74) is 1.06. The van der Waals surface area contributed by atoms with Crippen LogP contribution < -0.4 is 0 Å². The van der Waals surface area contributed by atoms with E-state index in [-0.39, 0.29) is 63.0 Å². The first-order chi connectivity index (χ1) is 15.9. The molecule has 37 heavy (non-hydrogen) atoms. The van der Waals surface area contributed by atoms with Crippen molar-refractivity contribution in [1.82, 2.24) is 0 Å². The topological polar surface area (TPSA) is 224 Å². The predicted octanol–water partition coefficient (Wildman–Crippen LogP) is 3.50. The van der Waals surface area contributed by atoms with Gasteiger partial charge in [0, 0.05) is 63.0 Å². The second-order valence-electron chi connectivity index (χ2n) is 6.51. The SMILES string of the molecule is C=C(C)C(=O)O.C=C(C)C(=O)O.C=C(C)C(=O)O.C=C(C)C(=O)O.C=C(C)C(=O)O.C=C(C)C(=O)O.[Na]. The van der Waals surface area contributed by atoms with Gasteiger partial charge in [-0.3, -0.25) is 0 Å². The first kappa shape index (κ1) is 50.2. The van der Waals surface area contributed by atoms with Gasteiger partial charge in [0.15, 0.2) is 0 Å². The average Bonchev–Trinajstić information content (AvgIpc) is 2.69. The number of carbonyl (C=O) groups is 6. The van der Waals surface area contributed by atoms with E-state index in [4.69, 9.17) is 30.6 Å². The smallest absolute Gasteiger partial charge is 0.330 e. The average molecular weight is 540 g/mol. The molecule has 0 saturated heterocycles. The fourth-order valence-electron chi connectivity index (χ4n) is 0. The zero-order valence-electron chi connectivity index (χ0n) is 22.4. The zero-order chi connectivity index (χ0) is 30.9. The van der Waals surface area contributed by atoms with Crippen LogP contribution in [0.15, 0.2) is 72.9 Å². The first-order valence-corrected chi connectivity index (χ1v) is 9.19. The molecule has 0 unspecified atom stereocenters.